The molecule has 3 N–H and O–H groups in total. The summed E-state index contributed by atoms with van der Waals surface area (Å²) in [6, 6.07) is 4.00. The fraction of sp³-hybridized carbons (Fsp3) is 0.562. The Labute approximate surface area is 125 Å². The number of piperidine rings is 1. The summed E-state index contributed by atoms with van der Waals surface area (Å²) >= 11 is 0. The van der Waals surface area contributed by atoms with E-state index in [0.717, 1.165) is 32.0 Å². The number of hydrogen-bond acceptors (Lipinski definition) is 3. The minimum absolute atomic E-state index is 0.0710. The molecule has 1 fully saturated rings. The number of nitrogens with two attached hydrogens (primary N) is 1. The van der Waals surface area contributed by atoms with Crippen LogP contribution in [0.25, 0.3) is 0 Å². The van der Waals surface area contributed by atoms with E-state index in [2.05, 4.69) is 17.1 Å². The summed E-state index contributed by atoms with van der Waals surface area (Å²) < 4.78 is 12.9. The number of amides is 1. The van der Waals surface area contributed by atoms with Gasteiger partial charge in [0.1, 0.15) is 5.82 Å². The first kappa shape index (κ1) is 15.8. The van der Waals surface area contributed by atoms with Gasteiger partial charge in [-0.3, -0.25) is 4.79 Å². The van der Waals surface area contributed by atoms with Crippen molar-refractivity contribution >= 4 is 17.3 Å². The number of carbonyl (C=O) groups excluding carboxylic acids is 1. The number of anilines is 2. The van der Waals surface area contributed by atoms with Crippen LogP contribution >= 0.6 is 0 Å². The highest BCUT2D eigenvalue weighted by molar-refractivity contribution is 5.93. The van der Waals surface area contributed by atoms with Crippen molar-refractivity contribution in [2.24, 2.45) is 5.92 Å². The number of rotatable bonds is 5. The lowest BCUT2D eigenvalue weighted by molar-refractivity contribution is -0.116. The molecule has 1 aromatic rings. The Balaban J connectivity index is 1.72. The lowest BCUT2D eigenvalue weighted by Crippen LogP contribution is -2.35. The number of likely N-dealkylation sites (tertiary alicyclic amines) is 1. The van der Waals surface area contributed by atoms with Crippen LogP contribution in [0.4, 0.5) is 15.8 Å². The SMILES string of the molecule is CC1CCCN(CCCC(=O)Nc2ccc(F)cc2N)C1. The summed E-state index contributed by atoms with van der Waals surface area (Å²) in [7, 11) is 0. The number of carbonyl (C=O) groups is 1. The minimum atomic E-state index is -0.398. The number of halogens is 1. The zero-order valence-electron chi connectivity index (χ0n) is 12.6. The first-order valence-electron chi connectivity index (χ1n) is 7.62. The molecular weight excluding hydrogens is 269 g/mol. The van der Waals surface area contributed by atoms with E-state index in [-0.39, 0.29) is 11.6 Å². The average molecular weight is 293 g/mol. The van der Waals surface area contributed by atoms with Gasteiger partial charge in [0, 0.05) is 13.0 Å². The maximum Gasteiger partial charge on any atom is 0.224 e. The molecule has 1 aromatic carbocycles. The van der Waals surface area contributed by atoms with Crippen LogP contribution in [0, 0.1) is 11.7 Å². The van der Waals surface area contributed by atoms with E-state index in [1.165, 1.54) is 31.0 Å². The highest BCUT2D eigenvalue weighted by Gasteiger charge is 2.16. The first-order valence-corrected chi connectivity index (χ1v) is 7.62. The molecule has 0 aliphatic carbocycles. The summed E-state index contributed by atoms with van der Waals surface area (Å²) in [5.74, 6) is 0.287. The van der Waals surface area contributed by atoms with Crippen molar-refractivity contribution in [3.05, 3.63) is 24.0 Å². The third-order valence-corrected chi connectivity index (χ3v) is 3.91. The molecule has 2 rings (SSSR count). The van der Waals surface area contributed by atoms with Crippen LogP contribution in [0.15, 0.2) is 18.2 Å². The predicted molar refractivity (Wildman–Crippen MR) is 83.5 cm³/mol. The van der Waals surface area contributed by atoms with Crippen molar-refractivity contribution in [3.8, 4) is 0 Å². The van der Waals surface area contributed by atoms with Gasteiger partial charge in [-0.05, 0) is 56.5 Å². The average Bonchev–Trinajstić information content (AvgIpc) is 2.42. The summed E-state index contributed by atoms with van der Waals surface area (Å²) in [6.07, 6.45) is 3.85. The molecule has 4 nitrogen and oxygen atoms in total. The molecule has 1 saturated heterocycles. The number of nitrogens with zero attached hydrogens (tertiary/aromatic N) is 1. The largest absolute Gasteiger partial charge is 0.397 e. The number of benzene rings is 1. The van der Waals surface area contributed by atoms with Gasteiger partial charge in [-0.2, -0.15) is 0 Å². The summed E-state index contributed by atoms with van der Waals surface area (Å²) in [5.41, 5.74) is 6.40. The van der Waals surface area contributed by atoms with Crippen molar-refractivity contribution in [1.29, 1.82) is 0 Å². The van der Waals surface area contributed by atoms with Crippen molar-refractivity contribution in [3.63, 3.8) is 0 Å². The van der Waals surface area contributed by atoms with Gasteiger partial charge in [0.2, 0.25) is 5.91 Å². The Morgan fingerprint density at radius 2 is 2.33 bits per heavy atom. The van der Waals surface area contributed by atoms with Crippen LogP contribution in [0.2, 0.25) is 0 Å². The van der Waals surface area contributed by atoms with Gasteiger partial charge in [-0.25, -0.2) is 4.39 Å². The van der Waals surface area contributed by atoms with Gasteiger partial charge >= 0.3 is 0 Å². The molecule has 0 spiro atoms. The maximum atomic E-state index is 12.9. The Morgan fingerprint density at radius 1 is 1.52 bits per heavy atom. The molecule has 0 radical (unpaired) electrons. The second-order valence-electron chi connectivity index (χ2n) is 5.93. The van der Waals surface area contributed by atoms with Crippen LogP contribution < -0.4 is 11.1 Å². The third-order valence-electron chi connectivity index (χ3n) is 3.91. The van der Waals surface area contributed by atoms with Crippen LogP contribution in [0.1, 0.15) is 32.6 Å². The van der Waals surface area contributed by atoms with E-state index < -0.39 is 5.82 Å². The van der Waals surface area contributed by atoms with Gasteiger partial charge in [0.25, 0.3) is 0 Å². The molecule has 0 saturated carbocycles. The second kappa shape index (κ2) is 7.41. The van der Waals surface area contributed by atoms with E-state index in [4.69, 9.17) is 5.73 Å². The number of nitrogen functional groups attached to an aromatic ring is 1. The summed E-state index contributed by atoms with van der Waals surface area (Å²) in [4.78, 5) is 14.3. The van der Waals surface area contributed by atoms with Gasteiger partial charge in [-0.15, -0.1) is 0 Å². The maximum absolute atomic E-state index is 12.9. The van der Waals surface area contributed by atoms with Gasteiger partial charge in [0.05, 0.1) is 11.4 Å². The van der Waals surface area contributed by atoms with E-state index in [9.17, 15) is 9.18 Å². The second-order valence-corrected chi connectivity index (χ2v) is 5.93. The third kappa shape index (κ3) is 5.01. The minimum Gasteiger partial charge on any atom is -0.397 e. The molecule has 1 aliphatic heterocycles. The molecule has 0 bridgehead atoms. The molecule has 1 unspecified atom stereocenters. The topological polar surface area (TPSA) is 58.4 Å². The van der Waals surface area contributed by atoms with Crippen molar-refractivity contribution in [2.45, 2.75) is 32.6 Å². The van der Waals surface area contributed by atoms with E-state index in [0.29, 0.717) is 12.1 Å². The van der Waals surface area contributed by atoms with Crippen LogP contribution in [0.5, 0.6) is 0 Å². The molecule has 1 amide bonds. The van der Waals surface area contributed by atoms with Gasteiger partial charge in [-0.1, -0.05) is 6.92 Å². The molecule has 21 heavy (non-hydrogen) atoms. The fourth-order valence-corrected chi connectivity index (χ4v) is 2.81. The zero-order chi connectivity index (χ0) is 15.2. The lowest BCUT2D eigenvalue weighted by atomic mass is 10.0. The molecular formula is C16H24FN3O. The highest BCUT2D eigenvalue weighted by Crippen LogP contribution is 2.19. The molecule has 1 heterocycles. The van der Waals surface area contributed by atoms with E-state index >= 15 is 0 Å². The van der Waals surface area contributed by atoms with Crippen molar-refractivity contribution in [1.82, 2.24) is 4.90 Å². The molecule has 116 valence electrons. The highest BCUT2D eigenvalue weighted by atomic mass is 19.1. The van der Waals surface area contributed by atoms with Crippen molar-refractivity contribution < 1.29 is 9.18 Å². The first-order chi connectivity index (χ1) is 10.0. The quantitative estimate of drug-likeness (QED) is 0.821. The molecule has 0 aromatic heterocycles. The Kier molecular flexibility index (Phi) is 5.56. The van der Waals surface area contributed by atoms with Gasteiger partial charge in [0.15, 0.2) is 0 Å². The Morgan fingerprint density at radius 3 is 3.05 bits per heavy atom. The van der Waals surface area contributed by atoms with Crippen LogP contribution in [-0.4, -0.2) is 30.4 Å². The van der Waals surface area contributed by atoms with Crippen LogP contribution in [-0.2, 0) is 4.79 Å². The van der Waals surface area contributed by atoms with Gasteiger partial charge < -0.3 is 16.0 Å². The number of nitrogens with one attached hydrogen (secondary N) is 1. The Hall–Kier alpha value is -1.62. The number of hydrogen-bond donors (Lipinski definition) is 2. The molecule has 1 aliphatic rings. The molecule has 1 atom stereocenters. The monoisotopic (exact) mass is 293 g/mol. The smallest absolute Gasteiger partial charge is 0.224 e. The lowest BCUT2D eigenvalue weighted by Gasteiger charge is -2.30. The van der Waals surface area contributed by atoms with E-state index in [1.54, 1.807) is 0 Å². The zero-order valence-corrected chi connectivity index (χ0v) is 12.6. The predicted octanol–water partition coefficient (Wildman–Crippen LogP) is 2.86. The Bertz CT molecular complexity index is 492. The summed E-state index contributed by atoms with van der Waals surface area (Å²) in [6.45, 7) is 5.50. The van der Waals surface area contributed by atoms with Crippen molar-refractivity contribution in [2.75, 3.05) is 30.7 Å². The molecule has 5 heteroatoms. The summed E-state index contributed by atoms with van der Waals surface area (Å²) in [5, 5.41) is 2.73. The van der Waals surface area contributed by atoms with E-state index in [1.807, 2.05) is 0 Å². The fourth-order valence-electron chi connectivity index (χ4n) is 2.81. The standard InChI is InChI=1S/C16H24FN3O/c1-12-4-2-8-20(11-12)9-3-5-16(21)19-15-7-6-13(17)10-14(15)18/h6-7,10,12H,2-5,8-9,11,18H2,1H3,(H,19,21). The normalized spacial score (nSPS) is 19.4. The van der Waals surface area contributed by atoms with Crippen LogP contribution in [0.3, 0.4) is 0 Å².